The first-order valence-corrected chi connectivity index (χ1v) is 6.08. The molecule has 1 heterocycles. The summed E-state index contributed by atoms with van der Waals surface area (Å²) in [6.45, 7) is 4.71. The monoisotopic (exact) mass is 256 g/mol. The van der Waals surface area contributed by atoms with E-state index in [9.17, 15) is 4.79 Å². The van der Waals surface area contributed by atoms with Gasteiger partial charge in [0.15, 0.2) is 5.69 Å². The van der Waals surface area contributed by atoms with Crippen molar-refractivity contribution in [2.24, 2.45) is 0 Å². The molecule has 1 aromatic carbocycles. The molecule has 98 valence electrons. The van der Waals surface area contributed by atoms with Crippen LogP contribution in [-0.2, 0) is 0 Å². The lowest BCUT2D eigenvalue weighted by molar-refractivity contribution is 0.0691. The Bertz CT molecular complexity index is 644. The summed E-state index contributed by atoms with van der Waals surface area (Å²) in [5.74, 6) is -1.02. The molecule has 0 unspecified atom stereocenters. The maximum Gasteiger partial charge on any atom is 0.354 e. The predicted octanol–water partition coefficient (Wildman–Crippen LogP) is 3.31. The number of nitrogens with one attached hydrogen (secondary N) is 1. The Morgan fingerprint density at radius 3 is 2.79 bits per heavy atom. The molecule has 4 heteroatoms. The number of hydrogen-bond acceptors (Lipinski definition) is 3. The number of carbonyl (C=O) groups is 1. The lowest BCUT2D eigenvalue weighted by atomic mass is 10.1. The van der Waals surface area contributed by atoms with Crippen molar-refractivity contribution in [1.82, 2.24) is 4.98 Å². The predicted molar refractivity (Wildman–Crippen MR) is 76.6 cm³/mol. The molecular weight excluding hydrogens is 240 g/mol. The quantitative estimate of drug-likeness (QED) is 0.824. The van der Waals surface area contributed by atoms with Crippen molar-refractivity contribution < 1.29 is 9.90 Å². The average Bonchev–Trinajstić information content (AvgIpc) is 2.38. The van der Waals surface area contributed by atoms with E-state index < -0.39 is 5.97 Å². The molecule has 0 saturated carbocycles. The molecule has 2 N–H and O–H groups in total. The topological polar surface area (TPSA) is 62.2 Å². The Morgan fingerprint density at radius 2 is 2.11 bits per heavy atom. The normalized spacial score (nSPS) is 10.2. The van der Waals surface area contributed by atoms with Gasteiger partial charge >= 0.3 is 5.97 Å². The average molecular weight is 256 g/mol. The molecule has 0 aliphatic rings. The fourth-order valence-electron chi connectivity index (χ4n) is 1.80. The zero-order valence-electron chi connectivity index (χ0n) is 11.0. The minimum absolute atomic E-state index is 0.0541. The van der Waals surface area contributed by atoms with Crippen molar-refractivity contribution >= 4 is 22.6 Å². The first-order chi connectivity index (χ1) is 9.08. The van der Waals surface area contributed by atoms with Crippen LogP contribution in [0.1, 0.15) is 24.3 Å². The van der Waals surface area contributed by atoms with E-state index in [0.29, 0.717) is 12.1 Å². The van der Waals surface area contributed by atoms with Gasteiger partial charge in [-0.15, -0.1) is 0 Å². The number of anilines is 1. The maximum atomic E-state index is 11.1. The largest absolute Gasteiger partial charge is 0.477 e. The van der Waals surface area contributed by atoms with Gasteiger partial charge in [0.05, 0.1) is 5.52 Å². The Hall–Kier alpha value is -2.36. The highest BCUT2D eigenvalue weighted by Crippen LogP contribution is 2.23. The van der Waals surface area contributed by atoms with Crippen LogP contribution < -0.4 is 5.32 Å². The van der Waals surface area contributed by atoms with Gasteiger partial charge in [0.1, 0.15) is 0 Å². The SMILES string of the molecule is CC(C)=CCNc1cc(C(=O)O)nc2ccccc12. The van der Waals surface area contributed by atoms with E-state index in [2.05, 4.69) is 16.4 Å². The van der Waals surface area contributed by atoms with Crippen LogP contribution in [0.5, 0.6) is 0 Å². The van der Waals surface area contributed by atoms with E-state index in [4.69, 9.17) is 5.11 Å². The molecule has 0 aliphatic carbocycles. The molecule has 2 aromatic rings. The number of carboxylic acid groups (broad SMARTS) is 1. The number of aromatic nitrogens is 1. The molecule has 2 rings (SSSR count). The second kappa shape index (κ2) is 5.52. The summed E-state index contributed by atoms with van der Waals surface area (Å²) in [7, 11) is 0. The summed E-state index contributed by atoms with van der Waals surface area (Å²) in [4.78, 5) is 15.2. The number of rotatable bonds is 4. The standard InChI is InChI=1S/C15H16N2O2/c1-10(2)7-8-16-13-9-14(15(18)19)17-12-6-4-3-5-11(12)13/h3-7,9H,8H2,1-2H3,(H,16,17)(H,18,19). The lowest BCUT2D eigenvalue weighted by Crippen LogP contribution is -2.05. The summed E-state index contributed by atoms with van der Waals surface area (Å²) in [6.07, 6.45) is 2.05. The lowest BCUT2D eigenvalue weighted by Gasteiger charge is -2.09. The molecule has 0 spiro atoms. The van der Waals surface area contributed by atoms with Crippen molar-refractivity contribution in [3.8, 4) is 0 Å². The fraction of sp³-hybridized carbons (Fsp3) is 0.200. The highest BCUT2D eigenvalue weighted by Gasteiger charge is 2.09. The molecule has 0 radical (unpaired) electrons. The highest BCUT2D eigenvalue weighted by atomic mass is 16.4. The third-order valence-electron chi connectivity index (χ3n) is 2.74. The van der Waals surface area contributed by atoms with Crippen molar-refractivity contribution in [2.75, 3.05) is 11.9 Å². The Labute approximate surface area is 111 Å². The number of carboxylic acids is 1. The molecule has 0 aliphatic heterocycles. The number of pyridine rings is 1. The Morgan fingerprint density at radius 1 is 1.37 bits per heavy atom. The van der Waals surface area contributed by atoms with E-state index in [1.54, 1.807) is 6.07 Å². The van der Waals surface area contributed by atoms with E-state index in [1.165, 1.54) is 5.57 Å². The van der Waals surface area contributed by atoms with Crippen molar-refractivity contribution in [3.63, 3.8) is 0 Å². The molecular formula is C15H16N2O2. The van der Waals surface area contributed by atoms with E-state index >= 15 is 0 Å². The van der Waals surface area contributed by atoms with Crippen LogP contribution in [0, 0.1) is 0 Å². The van der Waals surface area contributed by atoms with Crippen LogP contribution >= 0.6 is 0 Å². The maximum absolute atomic E-state index is 11.1. The first-order valence-electron chi connectivity index (χ1n) is 6.08. The number of aromatic carboxylic acids is 1. The van der Waals surface area contributed by atoms with Crippen LogP contribution in [0.3, 0.4) is 0 Å². The van der Waals surface area contributed by atoms with Crippen molar-refractivity contribution in [3.05, 3.63) is 47.7 Å². The molecule has 4 nitrogen and oxygen atoms in total. The molecule has 19 heavy (non-hydrogen) atoms. The second-order valence-electron chi connectivity index (χ2n) is 4.54. The molecule has 0 atom stereocenters. The Kier molecular flexibility index (Phi) is 3.80. The number of allylic oxidation sites excluding steroid dienone is 1. The van der Waals surface area contributed by atoms with E-state index in [0.717, 1.165) is 11.1 Å². The smallest absolute Gasteiger partial charge is 0.354 e. The van der Waals surface area contributed by atoms with Gasteiger partial charge in [0.25, 0.3) is 0 Å². The molecule has 0 amide bonds. The highest BCUT2D eigenvalue weighted by molar-refractivity contribution is 5.97. The van der Waals surface area contributed by atoms with Crippen LogP contribution in [-0.4, -0.2) is 22.6 Å². The third-order valence-corrected chi connectivity index (χ3v) is 2.74. The van der Waals surface area contributed by atoms with Crippen molar-refractivity contribution in [2.45, 2.75) is 13.8 Å². The summed E-state index contributed by atoms with van der Waals surface area (Å²) in [5, 5.41) is 13.2. The van der Waals surface area contributed by atoms with Gasteiger partial charge in [-0.3, -0.25) is 0 Å². The fourth-order valence-corrected chi connectivity index (χ4v) is 1.80. The summed E-state index contributed by atoms with van der Waals surface area (Å²) in [5.41, 5.74) is 2.74. The number of fused-ring (bicyclic) bond motifs is 1. The van der Waals surface area contributed by atoms with Gasteiger partial charge in [0.2, 0.25) is 0 Å². The molecule has 0 saturated heterocycles. The van der Waals surface area contributed by atoms with E-state index in [-0.39, 0.29) is 5.69 Å². The molecule has 0 fully saturated rings. The zero-order valence-corrected chi connectivity index (χ0v) is 11.0. The summed E-state index contributed by atoms with van der Waals surface area (Å²) in [6, 6.07) is 9.08. The van der Waals surface area contributed by atoms with Gasteiger partial charge in [-0.05, 0) is 26.0 Å². The number of hydrogen-bond donors (Lipinski definition) is 2. The van der Waals surface area contributed by atoms with Crippen LogP contribution in [0.15, 0.2) is 42.0 Å². The second-order valence-corrected chi connectivity index (χ2v) is 4.54. The van der Waals surface area contributed by atoms with Gasteiger partial charge in [-0.2, -0.15) is 0 Å². The van der Waals surface area contributed by atoms with Crippen LogP contribution in [0.2, 0.25) is 0 Å². The zero-order chi connectivity index (χ0) is 13.8. The van der Waals surface area contributed by atoms with Gasteiger partial charge in [-0.25, -0.2) is 9.78 Å². The Balaban J connectivity index is 2.44. The van der Waals surface area contributed by atoms with Crippen LogP contribution in [0.4, 0.5) is 5.69 Å². The van der Waals surface area contributed by atoms with Gasteiger partial charge in [0, 0.05) is 17.6 Å². The summed E-state index contributed by atoms with van der Waals surface area (Å²) >= 11 is 0. The molecule has 0 bridgehead atoms. The first kappa shape index (κ1) is 13.1. The summed E-state index contributed by atoms with van der Waals surface area (Å²) < 4.78 is 0. The minimum atomic E-state index is -1.02. The van der Waals surface area contributed by atoms with Gasteiger partial charge in [-0.1, -0.05) is 29.8 Å². The molecule has 1 aromatic heterocycles. The van der Waals surface area contributed by atoms with Crippen LogP contribution in [0.25, 0.3) is 10.9 Å². The number of nitrogens with zero attached hydrogens (tertiary/aromatic N) is 1. The van der Waals surface area contributed by atoms with E-state index in [1.807, 2.05) is 38.1 Å². The van der Waals surface area contributed by atoms with Crippen molar-refractivity contribution in [1.29, 1.82) is 0 Å². The number of benzene rings is 1. The number of para-hydroxylation sites is 1. The minimum Gasteiger partial charge on any atom is -0.477 e. The van der Waals surface area contributed by atoms with Gasteiger partial charge < -0.3 is 10.4 Å². The third kappa shape index (κ3) is 3.10.